The summed E-state index contributed by atoms with van der Waals surface area (Å²) in [4.78, 5) is 26.7. The third-order valence-electron chi connectivity index (χ3n) is 3.81. The van der Waals surface area contributed by atoms with Crippen LogP contribution in [0.3, 0.4) is 0 Å². The van der Waals surface area contributed by atoms with Crippen LogP contribution in [-0.4, -0.2) is 31.6 Å². The molecule has 0 aliphatic carbocycles. The molecule has 1 aromatic heterocycles. The van der Waals surface area contributed by atoms with Crippen molar-refractivity contribution >= 4 is 33.9 Å². The van der Waals surface area contributed by atoms with E-state index in [0.717, 1.165) is 17.0 Å². The van der Waals surface area contributed by atoms with Crippen LogP contribution in [-0.2, 0) is 9.53 Å². The molecule has 2 aromatic rings. The monoisotopic (exact) mass is 371 g/mol. The molecule has 26 heavy (non-hydrogen) atoms. The van der Waals surface area contributed by atoms with Gasteiger partial charge in [-0.25, -0.2) is 4.79 Å². The number of nitrogens with one attached hydrogen (secondary N) is 1. The molecule has 0 spiro atoms. The molecule has 1 heterocycles. The minimum absolute atomic E-state index is 0.150. The first-order valence-corrected chi connectivity index (χ1v) is 9.13. The Hall–Kier alpha value is -2.85. The Morgan fingerprint density at radius 2 is 1.96 bits per heavy atom. The van der Waals surface area contributed by atoms with E-state index in [1.165, 1.54) is 0 Å². The number of rotatable bonds is 7. The van der Waals surface area contributed by atoms with E-state index < -0.39 is 5.97 Å². The third kappa shape index (κ3) is 4.41. The number of likely N-dealkylation sites (N-methyl/N-ethyl adjacent to an activating group) is 1. The average molecular weight is 371 g/mol. The van der Waals surface area contributed by atoms with E-state index in [4.69, 9.17) is 4.74 Å². The smallest absolute Gasteiger partial charge is 0.348 e. The lowest BCUT2D eigenvalue weighted by Gasteiger charge is -2.22. The van der Waals surface area contributed by atoms with Crippen molar-refractivity contribution in [3.05, 3.63) is 46.3 Å². The quantitative estimate of drug-likeness (QED) is 0.753. The average Bonchev–Trinajstić information content (AvgIpc) is 2.95. The van der Waals surface area contributed by atoms with E-state index in [0.29, 0.717) is 27.5 Å². The van der Waals surface area contributed by atoms with Crippen LogP contribution in [0.1, 0.15) is 34.6 Å². The highest BCUT2D eigenvalue weighted by Crippen LogP contribution is 2.33. The lowest BCUT2D eigenvalue weighted by Crippen LogP contribution is -2.33. The van der Waals surface area contributed by atoms with E-state index in [2.05, 4.69) is 11.4 Å². The number of hydrogen-bond acceptors (Lipinski definition) is 6. The summed E-state index contributed by atoms with van der Waals surface area (Å²) in [5.74, 6) is -0.727. The second-order valence-corrected chi connectivity index (χ2v) is 6.51. The lowest BCUT2D eigenvalue weighted by atomic mass is 10.2. The number of anilines is 2. The summed E-state index contributed by atoms with van der Waals surface area (Å²) < 4.78 is 5.01. The lowest BCUT2D eigenvalue weighted by molar-refractivity contribution is -0.115. The molecule has 0 bridgehead atoms. The fourth-order valence-electron chi connectivity index (χ4n) is 2.49. The molecule has 1 amide bonds. The summed E-state index contributed by atoms with van der Waals surface area (Å²) in [7, 11) is 0. The van der Waals surface area contributed by atoms with Crippen LogP contribution in [0.15, 0.2) is 30.3 Å². The molecule has 1 N–H and O–H groups in total. The summed E-state index contributed by atoms with van der Waals surface area (Å²) in [6, 6.07) is 11.7. The van der Waals surface area contributed by atoms with Gasteiger partial charge in [-0.2, -0.15) is 5.26 Å². The fourth-order valence-corrected chi connectivity index (χ4v) is 3.56. The van der Waals surface area contributed by atoms with Crippen LogP contribution in [0.25, 0.3) is 0 Å². The number of nitriles is 1. The number of esters is 1. The van der Waals surface area contributed by atoms with Gasteiger partial charge in [-0.15, -0.1) is 11.3 Å². The van der Waals surface area contributed by atoms with Crippen LogP contribution in [0.4, 0.5) is 10.7 Å². The van der Waals surface area contributed by atoms with Crippen LogP contribution in [0.5, 0.6) is 0 Å². The summed E-state index contributed by atoms with van der Waals surface area (Å²) in [5, 5.41) is 12.5. The van der Waals surface area contributed by atoms with Gasteiger partial charge < -0.3 is 15.0 Å². The van der Waals surface area contributed by atoms with Gasteiger partial charge in [-0.3, -0.25) is 4.79 Å². The summed E-state index contributed by atoms with van der Waals surface area (Å²) >= 11 is 1.07. The maximum absolute atomic E-state index is 12.5. The SMILES string of the molecule is CCOC(=O)c1sc(NC(=O)CN(CC)c2ccccc2)c(C#N)c1C. The zero-order valence-corrected chi connectivity index (χ0v) is 15.9. The van der Waals surface area contributed by atoms with Crippen molar-refractivity contribution in [1.82, 2.24) is 0 Å². The van der Waals surface area contributed by atoms with Crippen LogP contribution >= 0.6 is 11.3 Å². The number of benzene rings is 1. The number of ether oxygens (including phenoxy) is 1. The Morgan fingerprint density at radius 1 is 1.27 bits per heavy atom. The molecular formula is C19H21N3O3S. The predicted molar refractivity (Wildman–Crippen MR) is 103 cm³/mol. The zero-order chi connectivity index (χ0) is 19.1. The highest BCUT2D eigenvalue weighted by Gasteiger charge is 2.22. The second kappa shape index (κ2) is 9.02. The largest absolute Gasteiger partial charge is 0.462 e. The van der Waals surface area contributed by atoms with Gasteiger partial charge in [0.15, 0.2) is 0 Å². The number of carbonyl (C=O) groups is 2. The molecule has 0 saturated carbocycles. The highest BCUT2D eigenvalue weighted by molar-refractivity contribution is 7.18. The molecule has 0 radical (unpaired) electrons. The number of carbonyl (C=O) groups excluding carboxylic acids is 2. The number of nitrogens with zero attached hydrogens (tertiary/aromatic N) is 2. The Kier molecular flexibility index (Phi) is 6.75. The summed E-state index contributed by atoms with van der Waals surface area (Å²) in [5.41, 5.74) is 1.77. The first kappa shape index (κ1) is 19.5. The van der Waals surface area contributed by atoms with Gasteiger partial charge in [-0.05, 0) is 38.5 Å². The molecule has 6 nitrogen and oxygen atoms in total. The maximum atomic E-state index is 12.5. The van der Waals surface area contributed by atoms with Gasteiger partial charge in [0, 0.05) is 12.2 Å². The summed E-state index contributed by atoms with van der Waals surface area (Å²) in [6.07, 6.45) is 0. The van der Waals surface area contributed by atoms with E-state index >= 15 is 0 Å². The van der Waals surface area contributed by atoms with E-state index in [1.807, 2.05) is 42.2 Å². The molecule has 1 aromatic carbocycles. The van der Waals surface area contributed by atoms with Crippen LogP contribution in [0, 0.1) is 18.3 Å². The molecular weight excluding hydrogens is 350 g/mol. The Labute approximate surface area is 157 Å². The minimum atomic E-state index is -0.480. The van der Waals surface area contributed by atoms with Gasteiger partial charge in [0.2, 0.25) is 5.91 Å². The Balaban J connectivity index is 2.17. The molecule has 2 rings (SSSR count). The standard InChI is InChI=1S/C19H21N3O3S/c1-4-22(14-9-7-6-8-10-14)12-16(23)21-18-15(11-20)13(3)17(26-18)19(24)25-5-2/h6-10H,4-5,12H2,1-3H3,(H,21,23). The van der Waals surface area contributed by atoms with Gasteiger partial charge in [0.1, 0.15) is 15.9 Å². The first-order valence-electron chi connectivity index (χ1n) is 8.32. The second-order valence-electron chi connectivity index (χ2n) is 5.49. The topological polar surface area (TPSA) is 82.4 Å². The van der Waals surface area contributed by atoms with E-state index in [9.17, 15) is 14.9 Å². The molecule has 0 saturated heterocycles. The predicted octanol–water partition coefficient (Wildman–Crippen LogP) is 3.57. The molecule has 0 unspecified atom stereocenters. The highest BCUT2D eigenvalue weighted by atomic mass is 32.1. The van der Waals surface area contributed by atoms with Gasteiger partial charge in [-0.1, -0.05) is 18.2 Å². The Morgan fingerprint density at radius 3 is 2.54 bits per heavy atom. The first-order chi connectivity index (χ1) is 12.5. The van der Waals surface area contributed by atoms with Crippen LogP contribution < -0.4 is 10.2 Å². The number of hydrogen-bond donors (Lipinski definition) is 1. The molecule has 0 aliphatic heterocycles. The van der Waals surface area contributed by atoms with Gasteiger partial charge in [0.05, 0.1) is 18.7 Å². The minimum Gasteiger partial charge on any atom is -0.462 e. The van der Waals surface area contributed by atoms with Crippen molar-refractivity contribution < 1.29 is 14.3 Å². The zero-order valence-electron chi connectivity index (χ0n) is 15.0. The molecule has 136 valence electrons. The maximum Gasteiger partial charge on any atom is 0.348 e. The number of para-hydroxylation sites is 1. The number of amides is 1. The van der Waals surface area contributed by atoms with Crippen molar-refractivity contribution in [2.75, 3.05) is 29.9 Å². The third-order valence-corrected chi connectivity index (χ3v) is 5.00. The molecule has 0 aliphatic rings. The van der Waals surface area contributed by atoms with Crippen molar-refractivity contribution in [2.24, 2.45) is 0 Å². The van der Waals surface area contributed by atoms with Gasteiger partial charge >= 0.3 is 5.97 Å². The van der Waals surface area contributed by atoms with E-state index in [1.54, 1.807) is 13.8 Å². The van der Waals surface area contributed by atoms with Crippen molar-refractivity contribution in [2.45, 2.75) is 20.8 Å². The molecule has 7 heteroatoms. The van der Waals surface area contributed by atoms with Crippen molar-refractivity contribution in [3.8, 4) is 6.07 Å². The van der Waals surface area contributed by atoms with Gasteiger partial charge in [0.25, 0.3) is 0 Å². The Bertz CT molecular complexity index is 825. The fraction of sp³-hybridized carbons (Fsp3) is 0.316. The van der Waals surface area contributed by atoms with Crippen molar-refractivity contribution in [3.63, 3.8) is 0 Å². The summed E-state index contributed by atoms with van der Waals surface area (Å²) in [6.45, 7) is 6.44. The molecule has 0 fully saturated rings. The molecule has 0 atom stereocenters. The number of thiophene rings is 1. The normalized spacial score (nSPS) is 10.1. The van der Waals surface area contributed by atoms with Crippen LogP contribution in [0.2, 0.25) is 0 Å². The van der Waals surface area contributed by atoms with Crippen molar-refractivity contribution in [1.29, 1.82) is 5.26 Å². The van der Waals surface area contributed by atoms with E-state index in [-0.39, 0.29) is 19.1 Å².